The lowest BCUT2D eigenvalue weighted by atomic mass is 9.87. The van der Waals surface area contributed by atoms with Crippen LogP contribution < -0.4 is 4.74 Å². The fourth-order valence-electron chi connectivity index (χ4n) is 3.28. The number of ether oxygens (including phenoxy) is 1. The highest BCUT2D eigenvalue weighted by Crippen LogP contribution is 2.32. The number of aromatic nitrogens is 2. The molecule has 158 valence electrons. The van der Waals surface area contributed by atoms with E-state index in [1.165, 1.54) is 5.56 Å². The number of hydrogen-bond donors (Lipinski definition) is 1. The summed E-state index contributed by atoms with van der Waals surface area (Å²) < 4.78 is 5.94. The van der Waals surface area contributed by atoms with Crippen LogP contribution >= 0.6 is 24.0 Å². The van der Waals surface area contributed by atoms with Crippen molar-refractivity contribution >= 4 is 35.0 Å². The monoisotopic (exact) mass is 451 g/mol. The van der Waals surface area contributed by atoms with Gasteiger partial charge in [0.2, 0.25) is 0 Å². The molecule has 1 heterocycles. The minimum Gasteiger partial charge on any atom is -0.487 e. The van der Waals surface area contributed by atoms with Crippen LogP contribution in [0.3, 0.4) is 0 Å². The maximum Gasteiger partial charge on any atom is 0.139 e. The minimum absolute atomic E-state index is 0. The highest BCUT2D eigenvalue weighted by atomic mass is 35.5. The summed E-state index contributed by atoms with van der Waals surface area (Å²) in [6, 6.07) is 21.5. The number of nitrogens with one attached hydrogen (secondary N) is 1. The molecule has 3 aromatic carbocycles. The van der Waals surface area contributed by atoms with Crippen LogP contribution in [0.5, 0.6) is 5.75 Å². The smallest absolute Gasteiger partial charge is 0.139 e. The van der Waals surface area contributed by atoms with Gasteiger partial charge in [-0.25, -0.2) is 4.98 Å². The van der Waals surface area contributed by atoms with E-state index >= 15 is 0 Å². The lowest BCUT2D eigenvalue weighted by Crippen LogP contribution is -2.10. The van der Waals surface area contributed by atoms with Crippen LogP contribution in [-0.4, -0.2) is 9.97 Å². The van der Waals surface area contributed by atoms with E-state index in [1.54, 1.807) is 12.1 Å². The van der Waals surface area contributed by atoms with E-state index in [9.17, 15) is 5.26 Å². The molecule has 1 N–H and O–H groups in total. The molecule has 6 heteroatoms. The average Bonchev–Trinajstić information content (AvgIpc) is 3.16. The molecule has 1 aromatic heterocycles. The van der Waals surface area contributed by atoms with Gasteiger partial charge in [-0.3, -0.25) is 0 Å². The van der Waals surface area contributed by atoms with Gasteiger partial charge in [0.15, 0.2) is 0 Å². The van der Waals surface area contributed by atoms with Gasteiger partial charge >= 0.3 is 0 Å². The maximum absolute atomic E-state index is 9.26. The number of nitrogens with zero attached hydrogens (tertiary/aromatic N) is 2. The third-order valence-electron chi connectivity index (χ3n) is 5.07. The number of benzene rings is 3. The summed E-state index contributed by atoms with van der Waals surface area (Å²) in [5.74, 6) is 1.31. The Morgan fingerprint density at radius 2 is 1.84 bits per heavy atom. The van der Waals surface area contributed by atoms with Crippen molar-refractivity contribution in [2.75, 3.05) is 0 Å². The molecule has 0 fully saturated rings. The van der Waals surface area contributed by atoms with Crippen molar-refractivity contribution in [1.82, 2.24) is 9.97 Å². The Morgan fingerprint density at radius 1 is 1.06 bits per heavy atom. The molecule has 0 unspecified atom stereocenters. The zero-order chi connectivity index (χ0) is 21.3. The van der Waals surface area contributed by atoms with Gasteiger partial charge in [0.25, 0.3) is 0 Å². The van der Waals surface area contributed by atoms with E-state index in [4.69, 9.17) is 21.3 Å². The Morgan fingerprint density at radius 3 is 2.58 bits per heavy atom. The molecule has 4 nitrogen and oxygen atoms in total. The van der Waals surface area contributed by atoms with Crippen molar-refractivity contribution in [3.63, 3.8) is 0 Å². The maximum atomic E-state index is 9.26. The average molecular weight is 452 g/mol. The number of halogens is 2. The Hall–Kier alpha value is -3.00. The van der Waals surface area contributed by atoms with E-state index in [0.717, 1.165) is 28.0 Å². The molecule has 0 bridgehead atoms. The zero-order valence-corrected chi connectivity index (χ0v) is 19.1. The van der Waals surface area contributed by atoms with Crippen molar-refractivity contribution < 1.29 is 4.74 Å². The van der Waals surface area contributed by atoms with Gasteiger partial charge in [-0.15, -0.1) is 12.4 Å². The quantitative estimate of drug-likeness (QED) is 0.361. The molecule has 0 saturated heterocycles. The van der Waals surface area contributed by atoms with Crippen LogP contribution in [0.25, 0.3) is 22.4 Å². The van der Waals surface area contributed by atoms with Crippen molar-refractivity contribution in [3.05, 3.63) is 82.4 Å². The van der Waals surface area contributed by atoms with Gasteiger partial charge in [0.05, 0.1) is 27.7 Å². The highest BCUT2D eigenvalue weighted by molar-refractivity contribution is 6.32. The van der Waals surface area contributed by atoms with Crippen LogP contribution in [0.2, 0.25) is 5.02 Å². The van der Waals surface area contributed by atoms with Crippen LogP contribution in [0, 0.1) is 11.3 Å². The predicted octanol–water partition coefficient (Wildman–Crippen LogP) is 7.05. The van der Waals surface area contributed by atoms with Crippen LogP contribution in [-0.2, 0) is 12.0 Å². The SMILES string of the molecule is CC(C)(C)c1ccc2nc(-c3ccc(Cl)c(OCc4ccccc4C#N)c3)[nH]c2c1.Cl. The highest BCUT2D eigenvalue weighted by Gasteiger charge is 2.16. The second kappa shape index (κ2) is 9.01. The minimum atomic E-state index is 0. The van der Waals surface area contributed by atoms with Gasteiger partial charge in [-0.05, 0) is 47.4 Å². The Kier molecular flexibility index (Phi) is 6.59. The standard InChI is InChI=1S/C25H22ClN3O.ClH/c1-25(2,3)19-9-11-21-22(13-19)29-24(28-21)16-8-10-20(26)23(12-16)30-15-18-7-5-4-6-17(18)14-27;/h4-13H,15H2,1-3H3,(H,28,29);1H. The molecule has 4 aromatic rings. The van der Waals surface area contributed by atoms with E-state index in [1.807, 2.05) is 36.4 Å². The molecular formula is C25H23Cl2N3O. The van der Waals surface area contributed by atoms with Gasteiger partial charge in [0.1, 0.15) is 18.2 Å². The largest absolute Gasteiger partial charge is 0.487 e. The summed E-state index contributed by atoms with van der Waals surface area (Å²) >= 11 is 6.35. The molecule has 0 spiro atoms. The summed E-state index contributed by atoms with van der Waals surface area (Å²) in [7, 11) is 0. The molecule has 31 heavy (non-hydrogen) atoms. The molecule has 0 radical (unpaired) electrons. The van der Waals surface area contributed by atoms with Crippen LogP contribution in [0.15, 0.2) is 60.7 Å². The predicted molar refractivity (Wildman–Crippen MR) is 128 cm³/mol. The molecule has 0 amide bonds. The summed E-state index contributed by atoms with van der Waals surface area (Å²) in [6.07, 6.45) is 0. The Labute approximate surface area is 193 Å². The third-order valence-corrected chi connectivity index (χ3v) is 5.39. The number of rotatable bonds is 4. The van der Waals surface area contributed by atoms with Crippen LogP contribution in [0.1, 0.15) is 37.5 Å². The first-order valence-electron chi connectivity index (χ1n) is 9.76. The fraction of sp³-hybridized carbons (Fsp3) is 0.200. The normalized spacial score (nSPS) is 11.1. The number of imidazole rings is 1. The molecule has 0 aliphatic carbocycles. The zero-order valence-electron chi connectivity index (χ0n) is 17.6. The van der Waals surface area contributed by atoms with Crippen molar-refractivity contribution in [2.45, 2.75) is 32.8 Å². The number of fused-ring (bicyclic) bond motifs is 1. The number of nitriles is 1. The van der Waals surface area contributed by atoms with E-state index in [0.29, 0.717) is 16.3 Å². The third kappa shape index (κ3) is 4.85. The first-order valence-corrected chi connectivity index (χ1v) is 10.1. The first kappa shape index (κ1) is 22.7. The molecule has 0 aliphatic heterocycles. The van der Waals surface area contributed by atoms with Gasteiger partial charge < -0.3 is 9.72 Å². The van der Waals surface area contributed by atoms with Gasteiger partial charge in [0, 0.05) is 11.1 Å². The summed E-state index contributed by atoms with van der Waals surface area (Å²) in [5, 5.41) is 9.77. The number of H-pyrrole nitrogens is 1. The molecule has 0 atom stereocenters. The molecule has 4 rings (SSSR count). The summed E-state index contributed by atoms with van der Waals surface area (Å²) in [6.45, 7) is 6.85. The number of aromatic amines is 1. The molecule has 0 aliphatic rings. The van der Waals surface area contributed by atoms with Gasteiger partial charge in [-0.2, -0.15) is 5.26 Å². The fourth-order valence-corrected chi connectivity index (χ4v) is 3.46. The molecule has 0 saturated carbocycles. The first-order chi connectivity index (χ1) is 14.3. The Balaban J connectivity index is 0.00000272. The topological polar surface area (TPSA) is 61.7 Å². The van der Waals surface area contributed by atoms with Crippen molar-refractivity contribution in [3.8, 4) is 23.2 Å². The number of hydrogen-bond acceptors (Lipinski definition) is 3. The summed E-state index contributed by atoms with van der Waals surface area (Å²) in [4.78, 5) is 8.14. The van der Waals surface area contributed by atoms with E-state index < -0.39 is 0 Å². The van der Waals surface area contributed by atoms with Crippen LogP contribution in [0.4, 0.5) is 0 Å². The second-order valence-corrected chi connectivity index (χ2v) is 8.68. The lowest BCUT2D eigenvalue weighted by Gasteiger charge is -2.18. The second-order valence-electron chi connectivity index (χ2n) is 8.27. The van der Waals surface area contributed by atoms with E-state index in [2.05, 4.69) is 44.0 Å². The lowest BCUT2D eigenvalue weighted by molar-refractivity contribution is 0.306. The Bertz CT molecular complexity index is 1270. The summed E-state index contributed by atoms with van der Waals surface area (Å²) in [5.41, 5.74) is 5.53. The van der Waals surface area contributed by atoms with Crippen molar-refractivity contribution in [1.29, 1.82) is 5.26 Å². The van der Waals surface area contributed by atoms with Gasteiger partial charge in [-0.1, -0.05) is 56.6 Å². The van der Waals surface area contributed by atoms with Crippen molar-refractivity contribution in [2.24, 2.45) is 0 Å². The van der Waals surface area contributed by atoms with E-state index in [-0.39, 0.29) is 24.4 Å². The molecular weight excluding hydrogens is 429 g/mol.